The SMILES string of the molecule is CCOC(=O)C1=C(C)NC2=C(C(=O)[C@@H](C(=O)OCC)[C@H](c3cccc(OC)c3)C2)[C@@H]1c1ccccc1C. The molecule has 0 aromatic heterocycles. The number of ketones is 1. The zero-order chi connectivity index (χ0) is 26.7. The fraction of sp³-hybridized carbons (Fsp3) is 0.367. The van der Waals surface area contributed by atoms with Gasteiger partial charge in [-0.05, 0) is 62.9 Å². The second-order valence-corrected chi connectivity index (χ2v) is 9.25. The van der Waals surface area contributed by atoms with Crippen molar-refractivity contribution in [3.63, 3.8) is 0 Å². The summed E-state index contributed by atoms with van der Waals surface area (Å²) in [4.78, 5) is 40.8. The van der Waals surface area contributed by atoms with Crippen LogP contribution in [0.5, 0.6) is 5.75 Å². The third-order valence-electron chi connectivity index (χ3n) is 7.08. The van der Waals surface area contributed by atoms with Crippen LogP contribution in [0, 0.1) is 12.8 Å². The van der Waals surface area contributed by atoms with Crippen molar-refractivity contribution in [2.75, 3.05) is 20.3 Å². The largest absolute Gasteiger partial charge is 0.497 e. The molecular formula is C30H33NO6. The molecular weight excluding hydrogens is 470 g/mol. The van der Waals surface area contributed by atoms with Crippen molar-refractivity contribution in [3.05, 3.63) is 87.8 Å². The summed E-state index contributed by atoms with van der Waals surface area (Å²) in [6.45, 7) is 7.61. The molecule has 4 rings (SSSR count). The van der Waals surface area contributed by atoms with Crippen molar-refractivity contribution in [2.45, 2.75) is 46.0 Å². The summed E-state index contributed by atoms with van der Waals surface area (Å²) in [5, 5.41) is 3.33. The van der Waals surface area contributed by atoms with Crippen molar-refractivity contribution in [3.8, 4) is 5.75 Å². The minimum Gasteiger partial charge on any atom is -0.497 e. The van der Waals surface area contributed by atoms with E-state index in [9.17, 15) is 14.4 Å². The molecule has 7 nitrogen and oxygen atoms in total. The first-order valence-electron chi connectivity index (χ1n) is 12.6. The molecule has 37 heavy (non-hydrogen) atoms. The van der Waals surface area contributed by atoms with Gasteiger partial charge in [0.25, 0.3) is 0 Å². The first-order valence-corrected chi connectivity index (χ1v) is 12.6. The summed E-state index contributed by atoms with van der Waals surface area (Å²) in [6.07, 6.45) is 0.396. The Kier molecular flexibility index (Phi) is 7.81. The van der Waals surface area contributed by atoms with Gasteiger partial charge in [-0.3, -0.25) is 9.59 Å². The lowest BCUT2D eigenvalue weighted by molar-refractivity contribution is -0.152. The van der Waals surface area contributed by atoms with E-state index >= 15 is 0 Å². The standard InChI is InChI=1S/C30H33NO6/c1-6-36-29(33)24-18(4)31-23-16-22(19-12-10-13-20(15-19)35-5)26(30(34)37-7-2)28(32)27(23)25(24)21-14-9-8-11-17(21)3/h8-15,22,25-26,31H,6-7,16H2,1-5H3/t22-,25+,26-/m0/s1. The van der Waals surface area contributed by atoms with E-state index < -0.39 is 29.7 Å². The normalized spacial score (nSPS) is 21.2. The van der Waals surface area contributed by atoms with E-state index in [1.165, 1.54) is 0 Å². The predicted octanol–water partition coefficient (Wildman–Crippen LogP) is 4.72. The molecule has 194 valence electrons. The van der Waals surface area contributed by atoms with Crippen LogP contribution in [-0.2, 0) is 23.9 Å². The van der Waals surface area contributed by atoms with Gasteiger partial charge in [-0.2, -0.15) is 0 Å². The summed E-state index contributed by atoms with van der Waals surface area (Å²) in [6, 6.07) is 15.1. The monoisotopic (exact) mass is 503 g/mol. The highest BCUT2D eigenvalue weighted by Crippen LogP contribution is 2.49. The maximum Gasteiger partial charge on any atom is 0.336 e. The number of allylic oxidation sites excluding steroid dienone is 3. The number of ether oxygens (including phenoxy) is 3. The number of nitrogens with one attached hydrogen (secondary N) is 1. The Morgan fingerprint density at radius 3 is 2.41 bits per heavy atom. The number of benzene rings is 2. The zero-order valence-electron chi connectivity index (χ0n) is 21.9. The lowest BCUT2D eigenvalue weighted by Crippen LogP contribution is -2.43. The van der Waals surface area contributed by atoms with Gasteiger partial charge < -0.3 is 19.5 Å². The summed E-state index contributed by atoms with van der Waals surface area (Å²) in [7, 11) is 1.58. The number of hydrogen-bond acceptors (Lipinski definition) is 7. The van der Waals surface area contributed by atoms with E-state index in [0.717, 1.165) is 16.7 Å². The molecule has 2 aromatic rings. The van der Waals surface area contributed by atoms with Crippen LogP contribution < -0.4 is 10.1 Å². The molecule has 1 N–H and O–H groups in total. The molecule has 0 fully saturated rings. The van der Waals surface area contributed by atoms with Crippen LogP contribution in [0.4, 0.5) is 0 Å². The average molecular weight is 504 g/mol. The number of carbonyl (C=O) groups excluding carboxylic acids is 3. The van der Waals surface area contributed by atoms with E-state index in [0.29, 0.717) is 34.7 Å². The fourth-order valence-corrected chi connectivity index (χ4v) is 5.42. The molecule has 1 aliphatic carbocycles. The van der Waals surface area contributed by atoms with Crippen LogP contribution in [0.25, 0.3) is 0 Å². The van der Waals surface area contributed by atoms with Gasteiger partial charge in [0.2, 0.25) is 0 Å². The number of hydrogen-bond donors (Lipinski definition) is 1. The summed E-state index contributed by atoms with van der Waals surface area (Å²) in [5.41, 5.74) is 4.71. The Balaban J connectivity index is 1.91. The third-order valence-corrected chi connectivity index (χ3v) is 7.08. The molecule has 0 unspecified atom stereocenters. The number of rotatable bonds is 7. The fourth-order valence-electron chi connectivity index (χ4n) is 5.42. The molecule has 0 spiro atoms. The molecule has 2 aromatic carbocycles. The van der Waals surface area contributed by atoms with Gasteiger partial charge in [-0.1, -0.05) is 36.4 Å². The summed E-state index contributed by atoms with van der Waals surface area (Å²) >= 11 is 0. The molecule has 3 atom stereocenters. The maximum absolute atomic E-state index is 14.3. The van der Waals surface area contributed by atoms with Gasteiger partial charge in [0, 0.05) is 28.8 Å². The van der Waals surface area contributed by atoms with Crippen molar-refractivity contribution in [1.29, 1.82) is 0 Å². The minimum atomic E-state index is -1.05. The smallest absolute Gasteiger partial charge is 0.336 e. The number of Topliss-reactive ketones (excluding diaryl/α,β-unsaturated/α-hetero) is 1. The zero-order valence-corrected chi connectivity index (χ0v) is 21.9. The van der Waals surface area contributed by atoms with Crippen LogP contribution in [0.3, 0.4) is 0 Å². The molecule has 0 radical (unpaired) electrons. The lowest BCUT2D eigenvalue weighted by atomic mass is 9.66. The van der Waals surface area contributed by atoms with E-state index in [-0.39, 0.29) is 19.0 Å². The van der Waals surface area contributed by atoms with Gasteiger partial charge >= 0.3 is 11.9 Å². The minimum absolute atomic E-state index is 0.159. The Labute approximate surface area is 217 Å². The van der Waals surface area contributed by atoms with Crippen LogP contribution in [0.1, 0.15) is 55.7 Å². The van der Waals surface area contributed by atoms with E-state index in [4.69, 9.17) is 14.2 Å². The second-order valence-electron chi connectivity index (χ2n) is 9.25. The highest BCUT2D eigenvalue weighted by atomic mass is 16.5. The van der Waals surface area contributed by atoms with E-state index in [1.54, 1.807) is 21.0 Å². The molecule has 7 heteroatoms. The quantitative estimate of drug-likeness (QED) is 0.432. The molecule has 0 amide bonds. The van der Waals surface area contributed by atoms with Crippen LogP contribution in [0.2, 0.25) is 0 Å². The van der Waals surface area contributed by atoms with Crippen molar-refractivity contribution >= 4 is 17.7 Å². The van der Waals surface area contributed by atoms with Crippen molar-refractivity contribution in [2.24, 2.45) is 5.92 Å². The number of carbonyl (C=O) groups is 3. The molecule has 0 saturated heterocycles. The number of aryl methyl sites for hydroxylation is 1. The van der Waals surface area contributed by atoms with Gasteiger partial charge in [0.15, 0.2) is 5.78 Å². The molecule has 1 aliphatic heterocycles. The topological polar surface area (TPSA) is 90.9 Å². The number of methoxy groups -OCH3 is 1. The van der Waals surface area contributed by atoms with Gasteiger partial charge in [0.05, 0.1) is 25.9 Å². The Bertz CT molecular complexity index is 1290. The first kappa shape index (κ1) is 26.2. The summed E-state index contributed by atoms with van der Waals surface area (Å²) < 4.78 is 16.2. The lowest BCUT2D eigenvalue weighted by Gasteiger charge is -2.39. The highest BCUT2D eigenvalue weighted by Gasteiger charge is 2.49. The van der Waals surface area contributed by atoms with Crippen molar-refractivity contribution < 1.29 is 28.6 Å². The van der Waals surface area contributed by atoms with E-state index in [1.807, 2.05) is 62.4 Å². The molecule has 0 bridgehead atoms. The molecule has 2 aliphatic rings. The maximum atomic E-state index is 14.3. The average Bonchev–Trinajstić information content (AvgIpc) is 2.88. The highest BCUT2D eigenvalue weighted by molar-refractivity contribution is 6.13. The number of esters is 2. The third kappa shape index (κ3) is 4.90. The van der Waals surface area contributed by atoms with Crippen LogP contribution in [-0.4, -0.2) is 38.0 Å². The Morgan fingerprint density at radius 1 is 1.00 bits per heavy atom. The summed E-state index contributed by atoms with van der Waals surface area (Å²) in [5.74, 6) is -2.93. The van der Waals surface area contributed by atoms with Crippen LogP contribution in [0.15, 0.2) is 71.1 Å². The van der Waals surface area contributed by atoms with Crippen LogP contribution >= 0.6 is 0 Å². The molecule has 0 saturated carbocycles. The van der Waals surface area contributed by atoms with E-state index in [2.05, 4.69) is 5.32 Å². The molecule has 1 heterocycles. The predicted molar refractivity (Wildman–Crippen MR) is 139 cm³/mol. The van der Waals surface area contributed by atoms with Crippen molar-refractivity contribution in [1.82, 2.24) is 5.32 Å². The second kappa shape index (κ2) is 11.0. The van der Waals surface area contributed by atoms with Gasteiger partial charge in [0.1, 0.15) is 11.7 Å². The van der Waals surface area contributed by atoms with Gasteiger partial charge in [-0.15, -0.1) is 0 Å². The van der Waals surface area contributed by atoms with Gasteiger partial charge in [-0.25, -0.2) is 4.79 Å². The first-order chi connectivity index (χ1) is 17.8. The number of dihydropyridines is 1. The Morgan fingerprint density at radius 2 is 1.73 bits per heavy atom. The Hall–Kier alpha value is -3.87.